The molecule has 0 radical (unpaired) electrons. The summed E-state index contributed by atoms with van der Waals surface area (Å²) in [6.45, 7) is 0. The van der Waals surface area contributed by atoms with Crippen LogP contribution in [0, 0.1) is 0 Å². The molecule has 0 atom stereocenters. The van der Waals surface area contributed by atoms with Gasteiger partial charge in [0, 0.05) is 28.4 Å². The first-order valence-electron chi connectivity index (χ1n) is 7.76. The Bertz CT molecular complexity index is 1050. The highest BCUT2D eigenvalue weighted by molar-refractivity contribution is 6.38. The number of aromatic nitrogens is 1. The SMILES string of the molecule is Clc1cc(Cl)c2oc(-c3ccc(C=Cc4ccncc4)cc3)cc2c1. The van der Waals surface area contributed by atoms with Crippen molar-refractivity contribution in [3.05, 3.63) is 88.2 Å². The number of hydrogen-bond acceptors (Lipinski definition) is 2. The highest BCUT2D eigenvalue weighted by atomic mass is 35.5. The molecular formula is C21H13Cl2NO. The Morgan fingerprint density at radius 2 is 1.48 bits per heavy atom. The van der Waals surface area contributed by atoms with E-state index in [0.717, 1.165) is 27.8 Å². The van der Waals surface area contributed by atoms with Crippen molar-refractivity contribution in [1.82, 2.24) is 4.98 Å². The van der Waals surface area contributed by atoms with E-state index in [1.165, 1.54) is 0 Å². The molecule has 4 aromatic rings. The molecule has 0 N–H and O–H groups in total. The minimum absolute atomic E-state index is 0.519. The lowest BCUT2D eigenvalue weighted by atomic mass is 10.1. The number of rotatable bonds is 3. The van der Waals surface area contributed by atoms with Crippen molar-refractivity contribution in [1.29, 1.82) is 0 Å². The normalized spacial score (nSPS) is 11.4. The Labute approximate surface area is 155 Å². The van der Waals surface area contributed by atoms with Gasteiger partial charge >= 0.3 is 0 Å². The van der Waals surface area contributed by atoms with Crippen LogP contribution in [-0.4, -0.2) is 4.98 Å². The smallest absolute Gasteiger partial charge is 0.153 e. The van der Waals surface area contributed by atoms with Gasteiger partial charge in [-0.05, 0) is 41.5 Å². The Hall–Kier alpha value is -2.55. The minimum Gasteiger partial charge on any atom is -0.455 e. The molecule has 0 unspecified atom stereocenters. The molecule has 2 heterocycles. The summed E-state index contributed by atoms with van der Waals surface area (Å²) in [6, 6.07) is 17.6. The fraction of sp³-hybridized carbons (Fsp3) is 0. The Morgan fingerprint density at radius 3 is 2.20 bits per heavy atom. The maximum atomic E-state index is 6.20. The average molecular weight is 366 g/mol. The predicted molar refractivity (Wildman–Crippen MR) is 105 cm³/mol. The molecule has 2 aromatic carbocycles. The highest BCUT2D eigenvalue weighted by Gasteiger charge is 2.10. The monoisotopic (exact) mass is 365 g/mol. The van der Waals surface area contributed by atoms with Gasteiger partial charge in [-0.1, -0.05) is 59.6 Å². The third kappa shape index (κ3) is 3.46. The van der Waals surface area contributed by atoms with Gasteiger partial charge in [-0.15, -0.1) is 0 Å². The molecular weight excluding hydrogens is 353 g/mol. The maximum Gasteiger partial charge on any atom is 0.153 e. The van der Waals surface area contributed by atoms with E-state index in [2.05, 4.69) is 29.3 Å². The lowest BCUT2D eigenvalue weighted by Crippen LogP contribution is -1.76. The van der Waals surface area contributed by atoms with Crippen LogP contribution >= 0.6 is 23.2 Å². The summed E-state index contributed by atoms with van der Waals surface area (Å²) in [7, 11) is 0. The molecule has 0 saturated carbocycles. The highest BCUT2D eigenvalue weighted by Crippen LogP contribution is 2.34. The van der Waals surface area contributed by atoms with Crippen LogP contribution in [0.3, 0.4) is 0 Å². The lowest BCUT2D eigenvalue weighted by molar-refractivity contribution is 0.631. The standard InChI is InChI=1S/C21H13Cl2NO/c22-18-11-17-12-20(25-21(17)19(23)13-18)16-5-3-14(4-6-16)1-2-15-7-9-24-10-8-15/h1-13H. The van der Waals surface area contributed by atoms with Crippen molar-refractivity contribution in [2.45, 2.75) is 0 Å². The van der Waals surface area contributed by atoms with Crippen molar-refractivity contribution in [3.63, 3.8) is 0 Å². The summed E-state index contributed by atoms with van der Waals surface area (Å²) < 4.78 is 5.89. The summed E-state index contributed by atoms with van der Waals surface area (Å²) in [6.07, 6.45) is 7.68. The van der Waals surface area contributed by atoms with Gasteiger partial charge in [-0.3, -0.25) is 4.98 Å². The zero-order valence-corrected chi connectivity index (χ0v) is 14.6. The molecule has 0 spiro atoms. The third-order valence-corrected chi connectivity index (χ3v) is 4.40. The molecule has 0 bridgehead atoms. The molecule has 0 amide bonds. The molecule has 2 nitrogen and oxygen atoms in total. The second-order valence-corrected chi connectivity index (χ2v) is 6.50. The van der Waals surface area contributed by atoms with Crippen molar-refractivity contribution in [3.8, 4) is 11.3 Å². The molecule has 4 rings (SSSR count). The summed E-state index contributed by atoms with van der Waals surface area (Å²) in [5.74, 6) is 0.767. The molecule has 25 heavy (non-hydrogen) atoms. The van der Waals surface area contributed by atoms with Crippen LogP contribution in [0.2, 0.25) is 10.0 Å². The molecule has 122 valence electrons. The van der Waals surface area contributed by atoms with Gasteiger partial charge in [-0.2, -0.15) is 0 Å². The largest absolute Gasteiger partial charge is 0.455 e. The molecule has 0 aliphatic rings. The Morgan fingerprint density at radius 1 is 0.800 bits per heavy atom. The van der Waals surface area contributed by atoms with Crippen LogP contribution in [-0.2, 0) is 0 Å². The quantitative estimate of drug-likeness (QED) is 0.391. The zero-order valence-electron chi connectivity index (χ0n) is 13.1. The van der Waals surface area contributed by atoms with Gasteiger partial charge in [0.25, 0.3) is 0 Å². The van der Waals surface area contributed by atoms with Crippen molar-refractivity contribution < 1.29 is 4.42 Å². The lowest BCUT2D eigenvalue weighted by Gasteiger charge is -1.98. The maximum absolute atomic E-state index is 6.20. The van der Waals surface area contributed by atoms with E-state index in [0.29, 0.717) is 15.6 Å². The summed E-state index contributed by atoms with van der Waals surface area (Å²) >= 11 is 12.2. The summed E-state index contributed by atoms with van der Waals surface area (Å²) in [5.41, 5.74) is 3.87. The number of furan rings is 1. The molecule has 4 heteroatoms. The van der Waals surface area contributed by atoms with Crippen LogP contribution in [0.5, 0.6) is 0 Å². The second-order valence-electron chi connectivity index (χ2n) is 5.65. The van der Waals surface area contributed by atoms with Crippen LogP contribution in [0.15, 0.2) is 71.4 Å². The number of pyridine rings is 1. The first-order chi connectivity index (χ1) is 12.2. The van der Waals surface area contributed by atoms with E-state index < -0.39 is 0 Å². The van der Waals surface area contributed by atoms with E-state index in [-0.39, 0.29) is 0 Å². The second kappa shape index (κ2) is 6.75. The Balaban J connectivity index is 1.62. The van der Waals surface area contributed by atoms with Gasteiger partial charge < -0.3 is 4.42 Å². The van der Waals surface area contributed by atoms with E-state index >= 15 is 0 Å². The average Bonchev–Trinajstić information content (AvgIpc) is 3.06. The van der Waals surface area contributed by atoms with E-state index in [9.17, 15) is 0 Å². The molecule has 0 aliphatic carbocycles. The van der Waals surface area contributed by atoms with E-state index in [1.807, 2.05) is 36.4 Å². The Kier molecular flexibility index (Phi) is 4.31. The number of nitrogens with zero attached hydrogens (tertiary/aromatic N) is 1. The van der Waals surface area contributed by atoms with Gasteiger partial charge in [0.1, 0.15) is 5.76 Å². The third-order valence-electron chi connectivity index (χ3n) is 3.91. The van der Waals surface area contributed by atoms with Gasteiger partial charge in [0.05, 0.1) is 5.02 Å². The number of halogens is 2. The van der Waals surface area contributed by atoms with Crippen LogP contribution < -0.4 is 0 Å². The molecule has 2 aromatic heterocycles. The van der Waals surface area contributed by atoms with Crippen molar-refractivity contribution in [2.24, 2.45) is 0 Å². The fourth-order valence-corrected chi connectivity index (χ4v) is 3.19. The van der Waals surface area contributed by atoms with E-state index in [4.69, 9.17) is 27.6 Å². The van der Waals surface area contributed by atoms with Gasteiger partial charge in [0.15, 0.2) is 5.58 Å². The van der Waals surface area contributed by atoms with E-state index in [1.54, 1.807) is 18.5 Å². The summed E-state index contributed by atoms with van der Waals surface area (Å²) in [4.78, 5) is 4.01. The first kappa shape index (κ1) is 15.9. The minimum atomic E-state index is 0.519. The predicted octanol–water partition coefficient (Wildman–Crippen LogP) is 6.97. The van der Waals surface area contributed by atoms with Gasteiger partial charge in [0.2, 0.25) is 0 Å². The van der Waals surface area contributed by atoms with Crippen LogP contribution in [0.4, 0.5) is 0 Å². The van der Waals surface area contributed by atoms with Crippen LogP contribution in [0.25, 0.3) is 34.4 Å². The van der Waals surface area contributed by atoms with Gasteiger partial charge in [-0.25, -0.2) is 0 Å². The van der Waals surface area contributed by atoms with Crippen molar-refractivity contribution >= 4 is 46.3 Å². The number of fused-ring (bicyclic) bond motifs is 1. The number of benzene rings is 2. The molecule has 0 aliphatic heterocycles. The topological polar surface area (TPSA) is 26.0 Å². The molecule has 0 fully saturated rings. The zero-order chi connectivity index (χ0) is 17.2. The first-order valence-corrected chi connectivity index (χ1v) is 8.52. The van der Waals surface area contributed by atoms with Crippen LogP contribution in [0.1, 0.15) is 11.1 Å². The molecule has 0 saturated heterocycles. The summed E-state index contributed by atoms with van der Waals surface area (Å²) in [5, 5.41) is 2.02. The fourth-order valence-electron chi connectivity index (χ4n) is 2.64. The number of hydrogen-bond donors (Lipinski definition) is 0. The van der Waals surface area contributed by atoms with Crippen molar-refractivity contribution in [2.75, 3.05) is 0 Å².